The highest BCUT2D eigenvalue weighted by atomic mass is 79.9. The first kappa shape index (κ1) is 11.0. The van der Waals surface area contributed by atoms with E-state index in [1.807, 2.05) is 19.1 Å². The van der Waals surface area contributed by atoms with Crippen molar-refractivity contribution in [3.63, 3.8) is 0 Å². The highest BCUT2D eigenvalue weighted by Crippen LogP contribution is 2.14. The summed E-state index contributed by atoms with van der Waals surface area (Å²) in [5.74, 6) is 0.784. The Hall–Kier alpha value is -1.49. The Labute approximate surface area is 102 Å². The molecule has 2 aromatic heterocycles. The summed E-state index contributed by atoms with van der Waals surface area (Å²) in [5, 5.41) is 3.25. The van der Waals surface area contributed by atoms with Gasteiger partial charge in [0.2, 0.25) is 0 Å². The molecule has 0 bridgehead atoms. The molecular weight excluding hydrogens is 268 g/mol. The lowest BCUT2D eigenvalue weighted by atomic mass is 10.3. The Balaban J connectivity index is 2.02. The average Bonchev–Trinajstić information content (AvgIpc) is 2.27. The molecule has 2 rings (SSSR count). The van der Waals surface area contributed by atoms with E-state index in [4.69, 9.17) is 0 Å². The van der Waals surface area contributed by atoms with Crippen LogP contribution in [0.4, 0.5) is 5.69 Å². The number of hydrogen-bond donors (Lipinski definition) is 1. The lowest BCUT2D eigenvalue weighted by Crippen LogP contribution is -2.03. The summed E-state index contributed by atoms with van der Waals surface area (Å²) in [6, 6.07) is 3.87. The van der Waals surface area contributed by atoms with Crippen molar-refractivity contribution in [2.75, 3.05) is 5.32 Å². The SMILES string of the molecule is Cc1nccc(CNc2cncc(Br)c2)n1. The van der Waals surface area contributed by atoms with Crippen molar-refractivity contribution in [2.45, 2.75) is 13.5 Å². The molecule has 0 aliphatic heterocycles. The number of hydrogen-bond acceptors (Lipinski definition) is 4. The monoisotopic (exact) mass is 278 g/mol. The quantitative estimate of drug-likeness (QED) is 0.938. The van der Waals surface area contributed by atoms with Crippen LogP contribution in [0.3, 0.4) is 0 Å². The molecule has 2 aromatic rings. The second kappa shape index (κ2) is 5.03. The average molecular weight is 279 g/mol. The van der Waals surface area contributed by atoms with E-state index in [0.717, 1.165) is 21.7 Å². The van der Waals surface area contributed by atoms with Crippen molar-refractivity contribution in [3.05, 3.63) is 46.7 Å². The van der Waals surface area contributed by atoms with Gasteiger partial charge in [-0.15, -0.1) is 0 Å². The molecule has 0 amide bonds. The van der Waals surface area contributed by atoms with E-state index in [9.17, 15) is 0 Å². The summed E-state index contributed by atoms with van der Waals surface area (Å²) in [5.41, 5.74) is 1.93. The van der Waals surface area contributed by atoms with Crippen LogP contribution in [0.15, 0.2) is 35.2 Å². The fourth-order valence-corrected chi connectivity index (χ4v) is 1.67. The van der Waals surface area contributed by atoms with E-state index in [2.05, 4.69) is 36.2 Å². The van der Waals surface area contributed by atoms with Gasteiger partial charge >= 0.3 is 0 Å². The predicted molar refractivity (Wildman–Crippen MR) is 66.0 cm³/mol. The molecule has 0 aromatic carbocycles. The van der Waals surface area contributed by atoms with Crippen LogP contribution in [0.25, 0.3) is 0 Å². The first-order valence-electron chi connectivity index (χ1n) is 4.87. The lowest BCUT2D eigenvalue weighted by Gasteiger charge is -2.05. The molecule has 0 atom stereocenters. The maximum absolute atomic E-state index is 4.30. The predicted octanol–water partition coefficient (Wildman–Crippen LogP) is 2.55. The number of rotatable bonds is 3. The van der Waals surface area contributed by atoms with Crippen molar-refractivity contribution in [1.29, 1.82) is 0 Å². The molecule has 0 aliphatic rings. The van der Waals surface area contributed by atoms with Gasteiger partial charge in [0.1, 0.15) is 5.82 Å². The Morgan fingerprint density at radius 2 is 2.25 bits per heavy atom. The van der Waals surface area contributed by atoms with Gasteiger partial charge in [0.05, 0.1) is 24.1 Å². The molecule has 5 heteroatoms. The van der Waals surface area contributed by atoms with Gasteiger partial charge in [-0.3, -0.25) is 4.98 Å². The minimum atomic E-state index is 0.668. The molecule has 2 heterocycles. The van der Waals surface area contributed by atoms with Gasteiger partial charge in [-0.25, -0.2) is 9.97 Å². The molecule has 4 nitrogen and oxygen atoms in total. The van der Waals surface area contributed by atoms with Crippen LogP contribution >= 0.6 is 15.9 Å². The minimum Gasteiger partial charge on any atom is -0.378 e. The van der Waals surface area contributed by atoms with Crippen molar-refractivity contribution in [3.8, 4) is 0 Å². The maximum Gasteiger partial charge on any atom is 0.125 e. The molecule has 82 valence electrons. The summed E-state index contributed by atoms with van der Waals surface area (Å²) in [7, 11) is 0. The molecule has 0 saturated heterocycles. The van der Waals surface area contributed by atoms with Gasteiger partial charge in [-0.05, 0) is 35.0 Å². The van der Waals surface area contributed by atoms with Crippen LogP contribution in [0, 0.1) is 6.92 Å². The summed E-state index contributed by atoms with van der Waals surface area (Å²) in [6.07, 6.45) is 5.29. The zero-order valence-corrected chi connectivity index (χ0v) is 10.4. The Bertz CT molecular complexity index is 441. The van der Waals surface area contributed by atoms with E-state index in [1.54, 1.807) is 18.6 Å². The van der Waals surface area contributed by atoms with Gasteiger partial charge in [0, 0.05) is 16.9 Å². The zero-order chi connectivity index (χ0) is 11.4. The summed E-state index contributed by atoms with van der Waals surface area (Å²) in [6.45, 7) is 2.55. The smallest absolute Gasteiger partial charge is 0.125 e. The molecule has 0 fully saturated rings. The molecule has 0 aliphatic carbocycles. The fourth-order valence-electron chi connectivity index (χ4n) is 1.30. The Morgan fingerprint density at radius 1 is 1.38 bits per heavy atom. The van der Waals surface area contributed by atoms with Gasteiger partial charge in [0.15, 0.2) is 0 Å². The number of nitrogens with zero attached hydrogens (tertiary/aromatic N) is 3. The lowest BCUT2D eigenvalue weighted by molar-refractivity contribution is 0.954. The van der Waals surface area contributed by atoms with E-state index < -0.39 is 0 Å². The number of anilines is 1. The Morgan fingerprint density at radius 3 is 3.00 bits per heavy atom. The molecule has 0 unspecified atom stereocenters. The van der Waals surface area contributed by atoms with Crippen LogP contribution in [-0.4, -0.2) is 15.0 Å². The van der Waals surface area contributed by atoms with Gasteiger partial charge in [-0.1, -0.05) is 0 Å². The Kier molecular flexibility index (Phi) is 3.46. The third-order valence-corrected chi connectivity index (χ3v) is 2.45. The van der Waals surface area contributed by atoms with Crippen LogP contribution < -0.4 is 5.32 Å². The molecule has 0 saturated carbocycles. The van der Waals surface area contributed by atoms with E-state index in [1.165, 1.54) is 0 Å². The largest absolute Gasteiger partial charge is 0.378 e. The second-order valence-corrected chi connectivity index (χ2v) is 4.26. The fraction of sp³-hybridized carbons (Fsp3) is 0.182. The van der Waals surface area contributed by atoms with E-state index >= 15 is 0 Å². The van der Waals surface area contributed by atoms with E-state index in [0.29, 0.717) is 6.54 Å². The zero-order valence-electron chi connectivity index (χ0n) is 8.81. The number of halogens is 1. The standard InChI is InChI=1S/C11H11BrN4/c1-8-14-3-2-10(16-8)7-15-11-4-9(12)5-13-6-11/h2-6,15H,7H2,1H3. The first-order chi connectivity index (χ1) is 7.74. The highest BCUT2D eigenvalue weighted by Gasteiger charge is 1.97. The maximum atomic E-state index is 4.30. The van der Waals surface area contributed by atoms with Gasteiger partial charge in [-0.2, -0.15) is 0 Å². The summed E-state index contributed by atoms with van der Waals surface area (Å²) < 4.78 is 0.955. The number of aromatic nitrogens is 3. The van der Waals surface area contributed by atoms with Crippen LogP contribution in [-0.2, 0) is 6.54 Å². The number of nitrogens with one attached hydrogen (secondary N) is 1. The number of aryl methyl sites for hydroxylation is 1. The van der Waals surface area contributed by atoms with Crippen molar-refractivity contribution >= 4 is 21.6 Å². The third kappa shape index (κ3) is 3.00. The van der Waals surface area contributed by atoms with Crippen LogP contribution in [0.1, 0.15) is 11.5 Å². The molecule has 0 radical (unpaired) electrons. The van der Waals surface area contributed by atoms with Gasteiger partial charge < -0.3 is 5.32 Å². The van der Waals surface area contributed by atoms with Gasteiger partial charge in [0.25, 0.3) is 0 Å². The minimum absolute atomic E-state index is 0.668. The molecular formula is C11H11BrN4. The van der Waals surface area contributed by atoms with Crippen molar-refractivity contribution < 1.29 is 0 Å². The van der Waals surface area contributed by atoms with Crippen LogP contribution in [0.2, 0.25) is 0 Å². The molecule has 16 heavy (non-hydrogen) atoms. The summed E-state index contributed by atoms with van der Waals surface area (Å²) >= 11 is 3.37. The third-order valence-electron chi connectivity index (χ3n) is 2.01. The van der Waals surface area contributed by atoms with E-state index in [-0.39, 0.29) is 0 Å². The molecule has 0 spiro atoms. The summed E-state index contributed by atoms with van der Waals surface area (Å²) in [4.78, 5) is 12.4. The topological polar surface area (TPSA) is 50.7 Å². The van der Waals surface area contributed by atoms with Crippen LogP contribution in [0.5, 0.6) is 0 Å². The second-order valence-electron chi connectivity index (χ2n) is 3.34. The van der Waals surface area contributed by atoms with Crippen molar-refractivity contribution in [1.82, 2.24) is 15.0 Å². The first-order valence-corrected chi connectivity index (χ1v) is 5.66. The molecule has 1 N–H and O–H groups in total. The van der Waals surface area contributed by atoms with Crippen molar-refractivity contribution in [2.24, 2.45) is 0 Å². The normalized spacial score (nSPS) is 10.1. The highest BCUT2D eigenvalue weighted by molar-refractivity contribution is 9.10. The number of pyridine rings is 1.